The van der Waals surface area contributed by atoms with E-state index in [1.54, 1.807) is 0 Å². The molecule has 3 rings (SSSR count). The second-order valence-electron chi connectivity index (χ2n) is 5.97. The number of hydrogen-bond donors (Lipinski definition) is 1. The Morgan fingerprint density at radius 3 is 2.71 bits per heavy atom. The number of nitrogens with one attached hydrogen (secondary N) is 1. The number of piperidine rings is 1. The van der Waals surface area contributed by atoms with E-state index in [-0.39, 0.29) is 6.10 Å². The quantitative estimate of drug-likeness (QED) is 0.902. The highest BCUT2D eigenvalue weighted by Gasteiger charge is 2.27. The van der Waals surface area contributed by atoms with Crippen molar-refractivity contribution in [3.8, 4) is 11.5 Å². The van der Waals surface area contributed by atoms with Gasteiger partial charge in [-0.15, -0.1) is 0 Å². The normalized spacial score (nSPS) is 22.5. The molecular weight excluding hydrogens is 264 g/mol. The zero-order chi connectivity index (χ0) is 14.5. The Morgan fingerprint density at radius 2 is 1.95 bits per heavy atom. The van der Waals surface area contributed by atoms with Crippen LogP contribution in [0.15, 0.2) is 24.3 Å². The monoisotopic (exact) mass is 290 g/mol. The molecule has 1 saturated heterocycles. The number of para-hydroxylation sites is 2. The van der Waals surface area contributed by atoms with Crippen molar-refractivity contribution >= 4 is 0 Å². The molecule has 1 fully saturated rings. The fraction of sp³-hybridized carbons (Fsp3) is 0.647. The van der Waals surface area contributed by atoms with E-state index in [0.717, 1.165) is 37.7 Å². The highest BCUT2D eigenvalue weighted by molar-refractivity contribution is 5.40. The summed E-state index contributed by atoms with van der Waals surface area (Å²) in [5.41, 5.74) is 0. The smallest absolute Gasteiger partial charge is 0.161 e. The molecule has 21 heavy (non-hydrogen) atoms. The molecule has 0 aromatic heterocycles. The highest BCUT2D eigenvalue weighted by atomic mass is 16.6. The molecule has 0 radical (unpaired) electrons. The Kier molecular flexibility index (Phi) is 4.99. The maximum Gasteiger partial charge on any atom is 0.161 e. The molecular formula is C17H26N2O2. The van der Waals surface area contributed by atoms with Gasteiger partial charge in [0.2, 0.25) is 0 Å². The summed E-state index contributed by atoms with van der Waals surface area (Å²) in [6.45, 7) is 7.29. The molecule has 0 spiro atoms. The zero-order valence-corrected chi connectivity index (χ0v) is 12.9. The van der Waals surface area contributed by atoms with Crippen molar-refractivity contribution < 1.29 is 9.47 Å². The fourth-order valence-corrected chi connectivity index (χ4v) is 3.30. The maximum atomic E-state index is 6.12. The Hall–Kier alpha value is -1.26. The molecule has 1 atom stereocenters. The van der Waals surface area contributed by atoms with Crippen LogP contribution in [-0.2, 0) is 0 Å². The van der Waals surface area contributed by atoms with Gasteiger partial charge in [0.25, 0.3) is 0 Å². The summed E-state index contributed by atoms with van der Waals surface area (Å²) in [4.78, 5) is 2.60. The topological polar surface area (TPSA) is 33.7 Å². The fourth-order valence-electron chi connectivity index (χ4n) is 3.30. The van der Waals surface area contributed by atoms with Gasteiger partial charge in [0.05, 0.1) is 0 Å². The number of nitrogens with zero attached hydrogens (tertiary/aromatic N) is 1. The third kappa shape index (κ3) is 3.69. The minimum Gasteiger partial charge on any atom is -0.486 e. The average Bonchev–Trinajstić information content (AvgIpc) is 2.55. The van der Waals surface area contributed by atoms with E-state index in [0.29, 0.717) is 12.6 Å². The molecule has 0 bridgehead atoms. The van der Waals surface area contributed by atoms with E-state index in [1.807, 2.05) is 24.3 Å². The summed E-state index contributed by atoms with van der Waals surface area (Å²) < 4.78 is 12.0. The summed E-state index contributed by atoms with van der Waals surface area (Å²) in [6.07, 6.45) is 3.81. The lowest BCUT2D eigenvalue weighted by Crippen LogP contribution is -2.49. The summed E-state index contributed by atoms with van der Waals surface area (Å²) >= 11 is 0. The van der Waals surface area contributed by atoms with Gasteiger partial charge in [-0.3, -0.25) is 4.90 Å². The predicted octanol–water partition coefficient (Wildman–Crippen LogP) is 2.29. The molecule has 0 amide bonds. The molecule has 4 heteroatoms. The zero-order valence-electron chi connectivity index (χ0n) is 12.9. The van der Waals surface area contributed by atoms with E-state index in [9.17, 15) is 0 Å². The Bertz CT molecular complexity index is 446. The maximum absolute atomic E-state index is 6.12. The van der Waals surface area contributed by atoms with Gasteiger partial charge in [0, 0.05) is 12.6 Å². The van der Waals surface area contributed by atoms with E-state index in [2.05, 4.69) is 17.1 Å². The third-order valence-corrected chi connectivity index (χ3v) is 4.34. The summed E-state index contributed by atoms with van der Waals surface area (Å²) in [6, 6.07) is 8.65. The lowest BCUT2D eigenvalue weighted by Gasteiger charge is -2.37. The number of fused-ring (bicyclic) bond motifs is 1. The molecule has 116 valence electrons. The van der Waals surface area contributed by atoms with Gasteiger partial charge in [-0.05, 0) is 51.0 Å². The van der Waals surface area contributed by atoms with Crippen LogP contribution in [0.3, 0.4) is 0 Å². The lowest BCUT2D eigenvalue weighted by molar-refractivity contribution is 0.0393. The van der Waals surface area contributed by atoms with Gasteiger partial charge in [0.15, 0.2) is 11.5 Å². The molecule has 1 aromatic carbocycles. The Labute approximate surface area is 127 Å². The standard InChI is InChI=1S/C17H26N2O2/c1-2-11-19(14-7-9-18-10-8-14)12-15-13-20-16-5-3-4-6-17(16)21-15/h3-6,14-15,18H,2,7-13H2,1H3. The summed E-state index contributed by atoms with van der Waals surface area (Å²) in [5.74, 6) is 1.76. The van der Waals surface area contributed by atoms with Crippen molar-refractivity contribution in [2.45, 2.75) is 38.3 Å². The molecule has 4 nitrogen and oxygen atoms in total. The number of ether oxygens (including phenoxy) is 2. The number of rotatable bonds is 5. The molecule has 1 N–H and O–H groups in total. The van der Waals surface area contributed by atoms with Gasteiger partial charge >= 0.3 is 0 Å². The van der Waals surface area contributed by atoms with Crippen molar-refractivity contribution in [3.63, 3.8) is 0 Å². The van der Waals surface area contributed by atoms with Crippen LogP contribution >= 0.6 is 0 Å². The minimum absolute atomic E-state index is 0.140. The minimum atomic E-state index is 0.140. The van der Waals surface area contributed by atoms with E-state index < -0.39 is 0 Å². The largest absolute Gasteiger partial charge is 0.486 e. The van der Waals surface area contributed by atoms with Crippen LogP contribution in [0, 0.1) is 0 Å². The molecule has 0 aliphatic carbocycles. The summed E-state index contributed by atoms with van der Waals surface area (Å²) in [5, 5.41) is 3.45. The van der Waals surface area contributed by atoms with Gasteiger partial charge in [-0.25, -0.2) is 0 Å². The van der Waals surface area contributed by atoms with Gasteiger partial charge in [-0.2, -0.15) is 0 Å². The molecule has 2 aliphatic rings. The first-order chi connectivity index (χ1) is 10.4. The molecule has 2 aliphatic heterocycles. The van der Waals surface area contributed by atoms with Crippen LogP contribution < -0.4 is 14.8 Å². The molecule has 0 saturated carbocycles. The highest BCUT2D eigenvalue weighted by Crippen LogP contribution is 2.31. The van der Waals surface area contributed by atoms with Crippen molar-refractivity contribution in [3.05, 3.63) is 24.3 Å². The number of benzene rings is 1. The van der Waals surface area contributed by atoms with Gasteiger partial charge in [-0.1, -0.05) is 19.1 Å². The first-order valence-corrected chi connectivity index (χ1v) is 8.20. The first kappa shape index (κ1) is 14.7. The van der Waals surface area contributed by atoms with Crippen molar-refractivity contribution in [1.29, 1.82) is 0 Å². The lowest BCUT2D eigenvalue weighted by atomic mass is 10.0. The van der Waals surface area contributed by atoms with E-state index in [4.69, 9.17) is 9.47 Å². The van der Waals surface area contributed by atoms with Crippen LogP contribution in [0.1, 0.15) is 26.2 Å². The van der Waals surface area contributed by atoms with Crippen LogP contribution in [0.5, 0.6) is 11.5 Å². The van der Waals surface area contributed by atoms with Crippen LogP contribution in [-0.4, -0.2) is 49.8 Å². The van der Waals surface area contributed by atoms with Crippen LogP contribution in [0.2, 0.25) is 0 Å². The second-order valence-corrected chi connectivity index (χ2v) is 5.97. The Balaban J connectivity index is 1.61. The SMILES string of the molecule is CCCN(CC1COc2ccccc2O1)C1CCNCC1. The van der Waals surface area contributed by atoms with Crippen molar-refractivity contribution in [1.82, 2.24) is 10.2 Å². The third-order valence-electron chi connectivity index (χ3n) is 4.34. The molecule has 1 unspecified atom stereocenters. The van der Waals surface area contributed by atoms with Crippen molar-refractivity contribution in [2.24, 2.45) is 0 Å². The van der Waals surface area contributed by atoms with Gasteiger partial charge < -0.3 is 14.8 Å². The predicted molar refractivity (Wildman–Crippen MR) is 84.1 cm³/mol. The summed E-state index contributed by atoms with van der Waals surface area (Å²) in [7, 11) is 0. The second kappa shape index (κ2) is 7.14. The van der Waals surface area contributed by atoms with Crippen LogP contribution in [0.25, 0.3) is 0 Å². The van der Waals surface area contributed by atoms with E-state index >= 15 is 0 Å². The number of hydrogen-bond acceptors (Lipinski definition) is 4. The average molecular weight is 290 g/mol. The van der Waals surface area contributed by atoms with Crippen molar-refractivity contribution in [2.75, 3.05) is 32.8 Å². The van der Waals surface area contributed by atoms with E-state index in [1.165, 1.54) is 19.3 Å². The van der Waals surface area contributed by atoms with Gasteiger partial charge in [0.1, 0.15) is 12.7 Å². The molecule has 2 heterocycles. The van der Waals surface area contributed by atoms with Crippen LogP contribution in [0.4, 0.5) is 0 Å². The first-order valence-electron chi connectivity index (χ1n) is 8.20. The molecule has 1 aromatic rings. The Morgan fingerprint density at radius 1 is 1.19 bits per heavy atom.